The van der Waals surface area contributed by atoms with E-state index < -0.39 is 16.6 Å². The van der Waals surface area contributed by atoms with Crippen LogP contribution < -0.4 is 15.4 Å². The second kappa shape index (κ2) is 7.96. The Bertz CT molecular complexity index is 863. The molecule has 1 amide bonds. The Labute approximate surface area is 153 Å². The maximum Gasteiger partial charge on any atom is 0.272 e. The Morgan fingerprint density at radius 3 is 2.96 bits per heavy atom. The van der Waals surface area contributed by atoms with E-state index in [2.05, 4.69) is 4.98 Å². The first-order valence-corrected chi connectivity index (χ1v) is 8.15. The molecule has 0 radical (unpaired) electrons. The number of primary amides is 1. The van der Waals surface area contributed by atoms with Crippen molar-refractivity contribution in [2.24, 2.45) is 5.73 Å². The third-order valence-electron chi connectivity index (χ3n) is 3.96. The number of nitrogens with two attached hydrogens (primary N) is 1. The van der Waals surface area contributed by atoms with Gasteiger partial charge in [0.2, 0.25) is 5.91 Å². The number of anilines is 1. The fraction of sp³-hybridized carbons (Fsp3) is 0.294. The van der Waals surface area contributed by atoms with Gasteiger partial charge in [-0.1, -0.05) is 0 Å². The van der Waals surface area contributed by atoms with Gasteiger partial charge in [0.05, 0.1) is 30.1 Å². The lowest BCUT2D eigenvalue weighted by Crippen LogP contribution is -2.44. The molecule has 0 saturated carbocycles. The molecule has 1 fully saturated rings. The summed E-state index contributed by atoms with van der Waals surface area (Å²) < 4.78 is 25.0. The number of hydrogen-bond donors (Lipinski definition) is 1. The molecule has 1 saturated heterocycles. The van der Waals surface area contributed by atoms with Crippen molar-refractivity contribution in [2.45, 2.75) is 12.5 Å². The molecule has 1 aliphatic heterocycles. The van der Waals surface area contributed by atoms with Crippen LogP contribution in [-0.2, 0) is 9.53 Å². The number of pyridine rings is 1. The zero-order chi connectivity index (χ0) is 19.4. The first kappa shape index (κ1) is 18.5. The number of carbonyl (C=O) groups is 1. The standard InChI is InChI=1S/C17H17FN4O5/c18-14-7-11(22(24)25)1-2-15(14)27-12-3-4-20-17(9-12)21-5-6-26-13(10-21)8-16(19)23/h1-4,7,9,13H,5-6,8,10H2,(H2,19,23). The zero-order valence-electron chi connectivity index (χ0n) is 14.2. The number of halogens is 1. The number of aromatic nitrogens is 1. The Morgan fingerprint density at radius 2 is 2.26 bits per heavy atom. The van der Waals surface area contributed by atoms with Gasteiger partial charge >= 0.3 is 0 Å². The third-order valence-corrected chi connectivity index (χ3v) is 3.96. The van der Waals surface area contributed by atoms with Crippen molar-refractivity contribution in [1.82, 2.24) is 4.98 Å². The highest BCUT2D eigenvalue weighted by Crippen LogP contribution is 2.29. The molecule has 9 nitrogen and oxygen atoms in total. The summed E-state index contributed by atoms with van der Waals surface area (Å²) in [5, 5.41) is 10.7. The molecule has 142 valence electrons. The predicted molar refractivity (Wildman–Crippen MR) is 93.1 cm³/mol. The van der Waals surface area contributed by atoms with E-state index in [1.54, 1.807) is 12.1 Å². The molecule has 0 spiro atoms. The number of benzene rings is 1. The highest BCUT2D eigenvalue weighted by molar-refractivity contribution is 5.74. The van der Waals surface area contributed by atoms with Crippen LogP contribution in [0.25, 0.3) is 0 Å². The minimum absolute atomic E-state index is 0.112. The zero-order valence-corrected chi connectivity index (χ0v) is 14.2. The maximum absolute atomic E-state index is 14.0. The lowest BCUT2D eigenvalue weighted by Gasteiger charge is -2.33. The van der Waals surface area contributed by atoms with Crippen molar-refractivity contribution in [3.05, 3.63) is 52.5 Å². The number of morpholine rings is 1. The number of amides is 1. The topological polar surface area (TPSA) is 121 Å². The number of nitrogens with zero attached hydrogens (tertiary/aromatic N) is 3. The van der Waals surface area contributed by atoms with Crippen molar-refractivity contribution in [1.29, 1.82) is 0 Å². The van der Waals surface area contributed by atoms with Gasteiger partial charge in [-0.05, 0) is 12.1 Å². The van der Waals surface area contributed by atoms with Crippen molar-refractivity contribution < 1.29 is 23.6 Å². The van der Waals surface area contributed by atoms with Crippen LogP contribution >= 0.6 is 0 Å². The van der Waals surface area contributed by atoms with E-state index in [1.807, 2.05) is 4.90 Å². The monoisotopic (exact) mass is 376 g/mol. The minimum atomic E-state index is -0.838. The number of hydrogen-bond acceptors (Lipinski definition) is 7. The summed E-state index contributed by atoms with van der Waals surface area (Å²) in [5.41, 5.74) is 4.85. The average molecular weight is 376 g/mol. The van der Waals surface area contributed by atoms with E-state index >= 15 is 0 Å². The lowest BCUT2D eigenvalue weighted by atomic mass is 10.2. The van der Waals surface area contributed by atoms with Crippen molar-refractivity contribution in [3.8, 4) is 11.5 Å². The van der Waals surface area contributed by atoms with Gasteiger partial charge in [-0.15, -0.1) is 0 Å². The SMILES string of the molecule is NC(=O)CC1CN(c2cc(Oc3ccc([N+](=O)[O-])cc3F)ccn2)CCO1. The molecule has 0 aliphatic carbocycles. The summed E-state index contributed by atoms with van der Waals surface area (Å²) in [5.74, 6) is -0.513. The van der Waals surface area contributed by atoms with E-state index in [1.165, 1.54) is 12.3 Å². The van der Waals surface area contributed by atoms with Crippen LogP contribution in [0.3, 0.4) is 0 Å². The Morgan fingerprint density at radius 1 is 1.44 bits per heavy atom. The molecule has 3 rings (SSSR count). The first-order chi connectivity index (χ1) is 12.9. The molecule has 2 aromatic rings. The lowest BCUT2D eigenvalue weighted by molar-refractivity contribution is -0.385. The Hall–Kier alpha value is -3.27. The molecule has 27 heavy (non-hydrogen) atoms. The second-order valence-electron chi connectivity index (χ2n) is 5.93. The number of non-ortho nitro benzene ring substituents is 1. The molecular formula is C17H17FN4O5. The second-order valence-corrected chi connectivity index (χ2v) is 5.93. The van der Waals surface area contributed by atoms with E-state index in [-0.39, 0.29) is 24.0 Å². The summed E-state index contributed by atoms with van der Waals surface area (Å²) in [6.45, 7) is 1.42. The summed E-state index contributed by atoms with van der Waals surface area (Å²) in [6, 6.07) is 6.33. The average Bonchev–Trinajstić information content (AvgIpc) is 2.63. The van der Waals surface area contributed by atoms with Crippen LogP contribution in [0.5, 0.6) is 11.5 Å². The number of nitro benzene ring substituents is 1. The Kier molecular flexibility index (Phi) is 5.46. The number of rotatable bonds is 6. The minimum Gasteiger partial charge on any atom is -0.454 e. The van der Waals surface area contributed by atoms with Crippen molar-refractivity contribution >= 4 is 17.4 Å². The van der Waals surface area contributed by atoms with E-state index in [4.69, 9.17) is 15.2 Å². The highest BCUT2D eigenvalue weighted by atomic mass is 19.1. The quantitative estimate of drug-likeness (QED) is 0.604. The number of carbonyl (C=O) groups excluding carboxylic acids is 1. The molecule has 2 N–H and O–H groups in total. The van der Waals surface area contributed by atoms with Crippen LogP contribution in [0.15, 0.2) is 36.5 Å². The number of ether oxygens (including phenoxy) is 2. The summed E-state index contributed by atoms with van der Waals surface area (Å²) in [4.78, 5) is 27.3. The highest BCUT2D eigenvalue weighted by Gasteiger charge is 2.23. The van der Waals surface area contributed by atoms with Gasteiger partial charge in [0.25, 0.3) is 5.69 Å². The van der Waals surface area contributed by atoms with Gasteiger partial charge in [-0.3, -0.25) is 14.9 Å². The molecule has 0 bridgehead atoms. The van der Waals surface area contributed by atoms with Gasteiger partial charge in [-0.2, -0.15) is 0 Å². The maximum atomic E-state index is 14.0. The molecule has 1 aromatic carbocycles. The van der Waals surface area contributed by atoms with Gasteiger partial charge in [0.1, 0.15) is 11.6 Å². The third kappa shape index (κ3) is 4.67. The smallest absolute Gasteiger partial charge is 0.272 e. The summed E-state index contributed by atoms with van der Waals surface area (Å²) in [7, 11) is 0. The summed E-state index contributed by atoms with van der Waals surface area (Å²) in [6.07, 6.45) is 1.29. The fourth-order valence-corrected chi connectivity index (χ4v) is 2.72. The molecule has 1 unspecified atom stereocenters. The fourth-order valence-electron chi connectivity index (χ4n) is 2.72. The summed E-state index contributed by atoms with van der Waals surface area (Å²) >= 11 is 0. The van der Waals surface area contributed by atoms with E-state index in [9.17, 15) is 19.3 Å². The van der Waals surface area contributed by atoms with Crippen LogP contribution in [0.1, 0.15) is 6.42 Å². The normalized spacial score (nSPS) is 16.8. The molecule has 1 aromatic heterocycles. The molecular weight excluding hydrogens is 359 g/mol. The first-order valence-electron chi connectivity index (χ1n) is 8.15. The molecule has 1 atom stereocenters. The number of nitro groups is 1. The van der Waals surface area contributed by atoms with Gasteiger partial charge in [0.15, 0.2) is 11.6 Å². The van der Waals surface area contributed by atoms with Crippen LogP contribution in [0.2, 0.25) is 0 Å². The van der Waals surface area contributed by atoms with Crippen LogP contribution in [0, 0.1) is 15.9 Å². The van der Waals surface area contributed by atoms with Gasteiger partial charge in [0, 0.05) is 31.4 Å². The van der Waals surface area contributed by atoms with Crippen molar-refractivity contribution in [3.63, 3.8) is 0 Å². The van der Waals surface area contributed by atoms with Gasteiger partial charge in [-0.25, -0.2) is 9.37 Å². The van der Waals surface area contributed by atoms with Gasteiger partial charge < -0.3 is 20.1 Å². The van der Waals surface area contributed by atoms with Crippen LogP contribution in [-0.4, -0.2) is 41.6 Å². The predicted octanol–water partition coefficient (Wildman–Crippen LogP) is 2.00. The molecule has 10 heteroatoms. The Balaban J connectivity index is 1.74. The van der Waals surface area contributed by atoms with E-state index in [0.29, 0.717) is 31.3 Å². The van der Waals surface area contributed by atoms with Crippen LogP contribution in [0.4, 0.5) is 15.9 Å². The van der Waals surface area contributed by atoms with Crippen molar-refractivity contribution in [2.75, 3.05) is 24.6 Å². The largest absolute Gasteiger partial charge is 0.454 e. The molecule has 1 aliphatic rings. The molecule has 2 heterocycles. The van der Waals surface area contributed by atoms with E-state index in [0.717, 1.165) is 12.1 Å².